The lowest BCUT2D eigenvalue weighted by molar-refractivity contribution is 0.298. The smallest absolute Gasteiger partial charge is 0.169 e. The molecular weight excluding hydrogens is 376 g/mol. The molecule has 0 aromatic carbocycles. The fourth-order valence-electron chi connectivity index (χ4n) is 3.58. The van der Waals surface area contributed by atoms with Gasteiger partial charge in [0.2, 0.25) is 0 Å². The van der Waals surface area contributed by atoms with Gasteiger partial charge in [-0.2, -0.15) is 11.3 Å². The van der Waals surface area contributed by atoms with Crippen LogP contribution in [0.2, 0.25) is 0 Å². The van der Waals surface area contributed by atoms with Crippen LogP contribution in [0.4, 0.5) is 0 Å². The van der Waals surface area contributed by atoms with Crippen molar-refractivity contribution in [2.45, 2.75) is 38.3 Å². The van der Waals surface area contributed by atoms with Gasteiger partial charge in [-0.3, -0.25) is 0 Å². The lowest BCUT2D eigenvalue weighted by Crippen LogP contribution is -2.43. The molecule has 1 saturated heterocycles. The second-order valence-electron chi connectivity index (χ2n) is 6.86. The summed E-state index contributed by atoms with van der Waals surface area (Å²) >= 11 is 7.31. The molecule has 1 aliphatic rings. The summed E-state index contributed by atoms with van der Waals surface area (Å²) < 4.78 is 7.67. The quantitative estimate of drug-likeness (QED) is 0.633. The molecule has 0 aliphatic carbocycles. The van der Waals surface area contributed by atoms with Crippen molar-refractivity contribution in [2.24, 2.45) is 0 Å². The highest BCUT2D eigenvalue weighted by molar-refractivity contribution is 7.80. The first-order valence-corrected chi connectivity index (χ1v) is 10.7. The molecule has 0 amide bonds. The van der Waals surface area contributed by atoms with Gasteiger partial charge < -0.3 is 19.2 Å². The number of hydrogen-bond acceptors (Lipinski definition) is 4. The van der Waals surface area contributed by atoms with Crippen LogP contribution < -0.4 is 5.32 Å². The van der Waals surface area contributed by atoms with E-state index in [2.05, 4.69) is 42.8 Å². The molecule has 142 valence electrons. The number of aromatic nitrogens is 2. The summed E-state index contributed by atoms with van der Waals surface area (Å²) in [6, 6.07) is 6.06. The molecule has 0 unspecified atom stereocenters. The van der Waals surface area contributed by atoms with E-state index >= 15 is 0 Å². The molecular formula is C20H24N4OS2. The van der Waals surface area contributed by atoms with Crippen molar-refractivity contribution < 1.29 is 4.42 Å². The summed E-state index contributed by atoms with van der Waals surface area (Å²) in [7, 11) is 0. The molecule has 1 aliphatic heterocycles. The van der Waals surface area contributed by atoms with Crippen LogP contribution in [-0.2, 0) is 19.5 Å². The van der Waals surface area contributed by atoms with Gasteiger partial charge in [0.1, 0.15) is 11.6 Å². The maximum absolute atomic E-state index is 5.55. The zero-order valence-electron chi connectivity index (χ0n) is 15.2. The lowest BCUT2D eigenvalue weighted by atomic mass is 9.96. The van der Waals surface area contributed by atoms with Crippen LogP contribution in [0.15, 0.2) is 52.0 Å². The zero-order valence-corrected chi connectivity index (χ0v) is 16.8. The Bertz CT molecular complexity index is 833. The normalized spacial score (nSPS) is 15.2. The van der Waals surface area contributed by atoms with Crippen LogP contribution >= 0.6 is 23.6 Å². The number of imidazole rings is 1. The number of rotatable bonds is 6. The monoisotopic (exact) mass is 400 g/mol. The number of likely N-dealkylation sites (tertiary alicyclic amines) is 1. The minimum Gasteiger partial charge on any atom is -0.467 e. The van der Waals surface area contributed by atoms with Crippen LogP contribution in [0.3, 0.4) is 0 Å². The summed E-state index contributed by atoms with van der Waals surface area (Å²) in [5, 5.41) is 8.48. The molecule has 0 bridgehead atoms. The van der Waals surface area contributed by atoms with Gasteiger partial charge in [0, 0.05) is 37.9 Å². The van der Waals surface area contributed by atoms with Gasteiger partial charge >= 0.3 is 0 Å². The number of furan rings is 1. The van der Waals surface area contributed by atoms with Crippen LogP contribution in [0, 0.1) is 0 Å². The Balaban J connectivity index is 1.28. The van der Waals surface area contributed by atoms with E-state index in [4.69, 9.17) is 16.6 Å². The molecule has 7 heteroatoms. The predicted molar refractivity (Wildman–Crippen MR) is 112 cm³/mol. The van der Waals surface area contributed by atoms with Crippen LogP contribution in [0.5, 0.6) is 0 Å². The Hall–Kier alpha value is -2.12. The predicted octanol–water partition coefficient (Wildman–Crippen LogP) is 4.03. The number of thiophene rings is 1. The number of hydrogen-bond donors (Lipinski definition) is 1. The van der Waals surface area contributed by atoms with Gasteiger partial charge in [-0.25, -0.2) is 4.98 Å². The van der Waals surface area contributed by atoms with Gasteiger partial charge in [-0.15, -0.1) is 0 Å². The molecule has 27 heavy (non-hydrogen) atoms. The number of nitrogens with one attached hydrogen (secondary N) is 1. The Morgan fingerprint density at radius 2 is 2.22 bits per heavy atom. The van der Waals surface area contributed by atoms with Crippen molar-refractivity contribution in [1.82, 2.24) is 19.8 Å². The highest BCUT2D eigenvalue weighted by Gasteiger charge is 2.25. The van der Waals surface area contributed by atoms with Gasteiger partial charge in [-0.1, -0.05) is 0 Å². The topological polar surface area (TPSA) is 46.2 Å². The summed E-state index contributed by atoms with van der Waals surface area (Å²) in [4.78, 5) is 6.92. The molecule has 4 rings (SSSR count). The van der Waals surface area contributed by atoms with Crippen LogP contribution in [-0.4, -0.2) is 32.7 Å². The molecule has 4 heterocycles. The Labute approximate surface area is 169 Å². The first kappa shape index (κ1) is 18.3. The van der Waals surface area contributed by atoms with E-state index in [9.17, 15) is 0 Å². The summed E-state index contributed by atoms with van der Waals surface area (Å²) in [6.07, 6.45) is 8.96. The third-order valence-electron chi connectivity index (χ3n) is 5.11. The molecule has 1 fully saturated rings. The molecule has 5 nitrogen and oxygen atoms in total. The number of piperidine rings is 1. The number of thiocarbonyl (C=S) groups is 1. The Morgan fingerprint density at radius 1 is 1.33 bits per heavy atom. The molecule has 1 N–H and O–H groups in total. The number of nitrogens with zero attached hydrogens (tertiary/aromatic N) is 3. The molecule has 0 radical (unpaired) electrons. The largest absolute Gasteiger partial charge is 0.467 e. The minimum atomic E-state index is 0.506. The highest BCUT2D eigenvalue weighted by atomic mass is 32.1. The fraction of sp³-hybridized carbons (Fsp3) is 0.400. The van der Waals surface area contributed by atoms with E-state index in [0.717, 1.165) is 49.8 Å². The van der Waals surface area contributed by atoms with E-state index in [1.807, 2.05) is 18.3 Å². The zero-order chi connectivity index (χ0) is 18.5. The summed E-state index contributed by atoms with van der Waals surface area (Å²) in [5.74, 6) is 2.63. The van der Waals surface area contributed by atoms with Crippen LogP contribution in [0.25, 0.3) is 0 Å². The summed E-state index contributed by atoms with van der Waals surface area (Å²) in [5.41, 5.74) is 1.41. The maximum atomic E-state index is 5.55. The van der Waals surface area contributed by atoms with Gasteiger partial charge in [-0.05, 0) is 66.0 Å². The van der Waals surface area contributed by atoms with Crippen molar-refractivity contribution in [3.05, 3.63) is 64.8 Å². The third kappa shape index (κ3) is 4.59. The molecule has 3 aromatic rings. The van der Waals surface area contributed by atoms with Crippen molar-refractivity contribution in [3.8, 4) is 0 Å². The number of aryl methyl sites for hydroxylation is 2. The van der Waals surface area contributed by atoms with Crippen molar-refractivity contribution in [1.29, 1.82) is 0 Å². The van der Waals surface area contributed by atoms with Crippen molar-refractivity contribution in [2.75, 3.05) is 13.1 Å². The van der Waals surface area contributed by atoms with E-state index in [0.29, 0.717) is 12.5 Å². The standard InChI is InChI=1S/C20H24N4OS2/c26-20(22-14-18-2-1-12-25-18)24-9-4-17(5-10-24)19-21-7-11-23(19)8-3-16-6-13-27-15-16/h1-2,6-7,11-13,15,17H,3-5,8-10,14H2,(H,22,26). The van der Waals surface area contributed by atoms with Gasteiger partial charge in [0.25, 0.3) is 0 Å². The second-order valence-corrected chi connectivity index (χ2v) is 8.03. The second kappa shape index (κ2) is 8.71. The molecule has 0 spiro atoms. The fourth-order valence-corrected chi connectivity index (χ4v) is 4.54. The van der Waals surface area contributed by atoms with Crippen LogP contribution in [0.1, 0.15) is 35.9 Å². The average Bonchev–Trinajstić information content (AvgIpc) is 3.47. The first-order valence-electron chi connectivity index (χ1n) is 9.37. The third-order valence-corrected chi connectivity index (χ3v) is 6.25. The van der Waals surface area contributed by atoms with Gasteiger partial charge in [0.15, 0.2) is 5.11 Å². The average molecular weight is 401 g/mol. The Kier molecular flexibility index (Phi) is 5.89. The van der Waals surface area contributed by atoms with Crippen molar-refractivity contribution >= 4 is 28.7 Å². The first-order chi connectivity index (χ1) is 13.3. The molecule has 0 saturated carbocycles. The minimum absolute atomic E-state index is 0.506. The van der Waals surface area contributed by atoms with Crippen molar-refractivity contribution in [3.63, 3.8) is 0 Å². The van der Waals surface area contributed by atoms with E-state index < -0.39 is 0 Å². The molecule has 3 aromatic heterocycles. The van der Waals surface area contributed by atoms with E-state index in [-0.39, 0.29) is 0 Å². The Morgan fingerprint density at radius 3 is 2.96 bits per heavy atom. The van der Waals surface area contributed by atoms with Gasteiger partial charge in [0.05, 0.1) is 12.8 Å². The summed E-state index contributed by atoms with van der Waals surface area (Å²) in [6.45, 7) is 3.56. The highest BCUT2D eigenvalue weighted by Crippen LogP contribution is 2.27. The SMILES string of the molecule is S=C(NCc1ccco1)N1CCC(c2nccn2CCc2ccsc2)CC1. The van der Waals surface area contributed by atoms with E-state index in [1.165, 1.54) is 11.4 Å². The molecule has 0 atom stereocenters. The van der Waals surface area contributed by atoms with E-state index in [1.54, 1.807) is 17.6 Å². The maximum Gasteiger partial charge on any atom is 0.169 e. The lowest BCUT2D eigenvalue weighted by Gasteiger charge is -2.33.